The van der Waals surface area contributed by atoms with Crippen molar-refractivity contribution >= 4 is 5.78 Å². The molecule has 0 N–H and O–H groups in total. The van der Waals surface area contributed by atoms with Crippen molar-refractivity contribution in [3.63, 3.8) is 0 Å². The standard InChI is InChI=1S/C8H6FO/c1-6(10)7-3-2-4-8(9)5-7/h3-5H,1H3. The Morgan fingerprint density at radius 2 is 2.30 bits per heavy atom. The molecule has 0 amide bonds. The predicted octanol–water partition coefficient (Wildman–Crippen LogP) is 1.83. The minimum Gasteiger partial charge on any atom is -0.295 e. The summed E-state index contributed by atoms with van der Waals surface area (Å²) in [6.07, 6.45) is 0. The van der Waals surface area contributed by atoms with Crippen LogP contribution in [0.2, 0.25) is 0 Å². The largest absolute Gasteiger partial charge is 0.295 e. The Morgan fingerprint density at radius 1 is 1.60 bits per heavy atom. The van der Waals surface area contributed by atoms with E-state index in [1.165, 1.54) is 25.1 Å². The first-order chi connectivity index (χ1) is 4.70. The highest BCUT2D eigenvalue weighted by Gasteiger charge is 1.98. The smallest absolute Gasteiger partial charge is 0.159 e. The molecule has 0 aliphatic rings. The average molecular weight is 137 g/mol. The lowest BCUT2D eigenvalue weighted by molar-refractivity contribution is 0.101. The number of hydrogen-bond acceptors (Lipinski definition) is 1. The SMILES string of the molecule is CC(=O)c1c[c]cc(F)c1. The van der Waals surface area contributed by atoms with Crippen molar-refractivity contribution in [1.82, 2.24) is 0 Å². The Hall–Kier alpha value is -1.18. The lowest BCUT2D eigenvalue weighted by Crippen LogP contribution is -1.91. The van der Waals surface area contributed by atoms with E-state index in [0.29, 0.717) is 5.56 Å². The summed E-state index contributed by atoms with van der Waals surface area (Å²) in [7, 11) is 0. The number of Topliss-reactive ketones (excluding diaryl/α,β-unsaturated/α-hetero) is 1. The molecule has 1 aromatic carbocycles. The van der Waals surface area contributed by atoms with Crippen LogP contribution in [0.3, 0.4) is 0 Å². The summed E-state index contributed by atoms with van der Waals surface area (Å²) in [5.41, 5.74) is 0.361. The zero-order valence-electron chi connectivity index (χ0n) is 5.52. The Labute approximate surface area is 58.5 Å². The summed E-state index contributed by atoms with van der Waals surface area (Å²) in [4.78, 5) is 10.6. The molecule has 0 aromatic heterocycles. The van der Waals surface area contributed by atoms with Gasteiger partial charge in [0.25, 0.3) is 0 Å². The molecular weight excluding hydrogens is 131 g/mol. The van der Waals surface area contributed by atoms with Gasteiger partial charge in [0.05, 0.1) is 0 Å². The third kappa shape index (κ3) is 1.41. The normalized spacial score (nSPS) is 9.40. The molecule has 0 heterocycles. The molecule has 10 heavy (non-hydrogen) atoms. The van der Waals surface area contributed by atoms with Crippen LogP contribution in [0, 0.1) is 11.9 Å². The van der Waals surface area contributed by atoms with E-state index >= 15 is 0 Å². The molecule has 0 atom stereocenters. The van der Waals surface area contributed by atoms with E-state index in [0.717, 1.165) is 0 Å². The molecular formula is C8H6FO. The monoisotopic (exact) mass is 137 g/mol. The zero-order chi connectivity index (χ0) is 7.56. The molecule has 1 rings (SSSR count). The summed E-state index contributed by atoms with van der Waals surface area (Å²) in [6.45, 7) is 1.39. The maximum Gasteiger partial charge on any atom is 0.159 e. The van der Waals surface area contributed by atoms with Gasteiger partial charge in [-0.1, -0.05) is 0 Å². The molecule has 0 bridgehead atoms. The molecule has 0 saturated heterocycles. The minimum atomic E-state index is -0.423. The Balaban J connectivity index is 3.07. The maximum atomic E-state index is 12.3. The number of ketones is 1. The summed E-state index contributed by atoms with van der Waals surface area (Å²) in [5.74, 6) is -0.566. The second-order valence-corrected chi connectivity index (χ2v) is 2.00. The first kappa shape index (κ1) is 6.93. The number of hydrogen-bond donors (Lipinski definition) is 0. The van der Waals surface area contributed by atoms with Gasteiger partial charge in [-0.2, -0.15) is 0 Å². The fourth-order valence-corrected chi connectivity index (χ4v) is 0.646. The van der Waals surface area contributed by atoms with Crippen LogP contribution in [0.1, 0.15) is 17.3 Å². The zero-order valence-corrected chi connectivity index (χ0v) is 5.52. The molecule has 1 radical (unpaired) electrons. The van der Waals surface area contributed by atoms with Crippen LogP contribution in [-0.4, -0.2) is 5.78 Å². The lowest BCUT2D eigenvalue weighted by Gasteiger charge is -1.91. The van der Waals surface area contributed by atoms with Crippen LogP contribution >= 0.6 is 0 Å². The van der Waals surface area contributed by atoms with Crippen LogP contribution in [0.4, 0.5) is 4.39 Å². The predicted molar refractivity (Wildman–Crippen MR) is 35.2 cm³/mol. The quantitative estimate of drug-likeness (QED) is 0.539. The lowest BCUT2D eigenvalue weighted by atomic mass is 10.1. The van der Waals surface area contributed by atoms with Gasteiger partial charge < -0.3 is 0 Å². The Kier molecular flexibility index (Phi) is 1.81. The first-order valence-corrected chi connectivity index (χ1v) is 2.88. The Morgan fingerprint density at radius 3 is 2.70 bits per heavy atom. The molecule has 0 fully saturated rings. The topological polar surface area (TPSA) is 17.1 Å². The second-order valence-electron chi connectivity index (χ2n) is 2.00. The number of benzene rings is 1. The van der Waals surface area contributed by atoms with Crippen LogP contribution in [0.15, 0.2) is 18.2 Å². The molecule has 2 heteroatoms. The van der Waals surface area contributed by atoms with Crippen LogP contribution in [0.5, 0.6) is 0 Å². The van der Waals surface area contributed by atoms with Crippen molar-refractivity contribution in [3.8, 4) is 0 Å². The summed E-state index contributed by atoms with van der Waals surface area (Å²) < 4.78 is 12.3. The summed E-state index contributed by atoms with van der Waals surface area (Å²) in [6, 6.07) is 6.36. The van der Waals surface area contributed by atoms with Gasteiger partial charge in [0.2, 0.25) is 0 Å². The fraction of sp³-hybridized carbons (Fsp3) is 0.125. The molecule has 51 valence electrons. The van der Waals surface area contributed by atoms with E-state index < -0.39 is 5.82 Å². The van der Waals surface area contributed by atoms with Gasteiger partial charge in [-0.3, -0.25) is 4.79 Å². The number of rotatable bonds is 1. The van der Waals surface area contributed by atoms with Crippen molar-refractivity contribution in [1.29, 1.82) is 0 Å². The van der Waals surface area contributed by atoms with Crippen molar-refractivity contribution in [2.75, 3.05) is 0 Å². The molecule has 0 unspecified atom stereocenters. The Bertz CT molecular complexity index is 255. The van der Waals surface area contributed by atoms with Gasteiger partial charge >= 0.3 is 0 Å². The van der Waals surface area contributed by atoms with E-state index in [1.807, 2.05) is 0 Å². The summed E-state index contributed by atoms with van der Waals surface area (Å²) >= 11 is 0. The highest BCUT2D eigenvalue weighted by Crippen LogP contribution is 2.02. The average Bonchev–Trinajstić information content (AvgIpc) is 1.88. The van der Waals surface area contributed by atoms with E-state index in [-0.39, 0.29) is 5.78 Å². The van der Waals surface area contributed by atoms with Crippen LogP contribution in [-0.2, 0) is 0 Å². The van der Waals surface area contributed by atoms with E-state index in [4.69, 9.17) is 0 Å². The molecule has 1 aromatic rings. The molecule has 1 nitrogen and oxygen atoms in total. The van der Waals surface area contributed by atoms with Gasteiger partial charge in [-0.05, 0) is 31.2 Å². The molecule has 0 aliphatic heterocycles. The van der Waals surface area contributed by atoms with Gasteiger partial charge in [0.1, 0.15) is 5.82 Å². The number of carbonyl (C=O) groups excluding carboxylic acids is 1. The van der Waals surface area contributed by atoms with Crippen molar-refractivity contribution in [2.24, 2.45) is 0 Å². The van der Waals surface area contributed by atoms with Crippen LogP contribution < -0.4 is 0 Å². The van der Waals surface area contributed by atoms with Gasteiger partial charge in [0, 0.05) is 5.56 Å². The maximum absolute atomic E-state index is 12.3. The van der Waals surface area contributed by atoms with Crippen molar-refractivity contribution in [2.45, 2.75) is 6.92 Å². The van der Waals surface area contributed by atoms with Crippen molar-refractivity contribution in [3.05, 3.63) is 35.6 Å². The van der Waals surface area contributed by atoms with Gasteiger partial charge in [-0.15, -0.1) is 0 Å². The van der Waals surface area contributed by atoms with Gasteiger partial charge in [-0.25, -0.2) is 4.39 Å². The molecule has 0 saturated carbocycles. The van der Waals surface area contributed by atoms with E-state index in [2.05, 4.69) is 6.07 Å². The molecule has 0 spiro atoms. The third-order valence-corrected chi connectivity index (χ3v) is 1.16. The minimum absolute atomic E-state index is 0.143. The first-order valence-electron chi connectivity index (χ1n) is 2.88. The van der Waals surface area contributed by atoms with E-state index in [9.17, 15) is 9.18 Å². The van der Waals surface area contributed by atoms with Gasteiger partial charge in [0.15, 0.2) is 5.78 Å². The highest BCUT2D eigenvalue weighted by molar-refractivity contribution is 5.93. The fourth-order valence-electron chi connectivity index (χ4n) is 0.646. The molecule has 0 aliphatic carbocycles. The third-order valence-electron chi connectivity index (χ3n) is 1.16. The van der Waals surface area contributed by atoms with Crippen molar-refractivity contribution < 1.29 is 9.18 Å². The number of halogens is 1. The van der Waals surface area contributed by atoms with Crippen LogP contribution in [0.25, 0.3) is 0 Å². The second kappa shape index (κ2) is 2.60. The highest BCUT2D eigenvalue weighted by atomic mass is 19.1. The summed E-state index contributed by atoms with van der Waals surface area (Å²) in [5, 5.41) is 0. The van der Waals surface area contributed by atoms with E-state index in [1.54, 1.807) is 0 Å². The number of carbonyl (C=O) groups is 1.